The quantitative estimate of drug-likeness (QED) is 0.834. The maximum Gasteiger partial charge on any atom is 0.151 e. The molecule has 0 N–H and O–H groups in total. The average Bonchev–Trinajstić information content (AvgIpc) is 3.02. The molecule has 0 bridgehead atoms. The highest BCUT2D eigenvalue weighted by atomic mass is 32.2. The molecule has 3 rings (SSSR count). The third kappa shape index (κ3) is 4.04. The average molecular weight is 347 g/mol. The van der Waals surface area contributed by atoms with E-state index in [2.05, 4.69) is 38.0 Å². The summed E-state index contributed by atoms with van der Waals surface area (Å²) in [5, 5.41) is 4.68. The Morgan fingerprint density at radius 3 is 2.54 bits per heavy atom. The van der Waals surface area contributed by atoms with E-state index in [0.29, 0.717) is 18.1 Å². The number of hydrogen-bond acceptors (Lipinski definition) is 4. The van der Waals surface area contributed by atoms with Crippen molar-refractivity contribution in [2.45, 2.75) is 40.0 Å². The van der Waals surface area contributed by atoms with Crippen molar-refractivity contribution in [3.8, 4) is 5.69 Å². The molecule has 5 nitrogen and oxygen atoms in total. The Labute approximate surface area is 144 Å². The Hall–Kier alpha value is -1.69. The fraction of sp³-hybridized carbons (Fsp3) is 0.556. The molecule has 1 saturated heterocycles. The zero-order valence-electron chi connectivity index (χ0n) is 14.6. The predicted molar refractivity (Wildman–Crippen MR) is 95.1 cm³/mol. The van der Waals surface area contributed by atoms with Gasteiger partial charge in [-0.05, 0) is 37.3 Å². The van der Waals surface area contributed by atoms with E-state index in [1.54, 1.807) is 0 Å². The summed E-state index contributed by atoms with van der Waals surface area (Å²) in [4.78, 5) is 4.72. The first-order valence-electron chi connectivity index (χ1n) is 8.54. The van der Waals surface area contributed by atoms with Gasteiger partial charge in [0.2, 0.25) is 0 Å². The molecule has 0 radical (unpaired) electrons. The van der Waals surface area contributed by atoms with Gasteiger partial charge in [0.25, 0.3) is 0 Å². The summed E-state index contributed by atoms with van der Waals surface area (Å²) in [6.07, 6.45) is 2.22. The summed E-state index contributed by atoms with van der Waals surface area (Å²) in [6, 6.07) is 8.20. The van der Waals surface area contributed by atoms with E-state index in [4.69, 9.17) is 4.98 Å². The number of aryl methyl sites for hydroxylation is 1. The van der Waals surface area contributed by atoms with E-state index in [9.17, 15) is 8.42 Å². The molecule has 2 heterocycles. The van der Waals surface area contributed by atoms with Gasteiger partial charge in [0.1, 0.15) is 5.82 Å². The van der Waals surface area contributed by atoms with Crippen LogP contribution < -0.4 is 0 Å². The van der Waals surface area contributed by atoms with Gasteiger partial charge in [0.15, 0.2) is 15.7 Å². The molecule has 0 spiro atoms. The van der Waals surface area contributed by atoms with Crippen LogP contribution in [-0.4, -0.2) is 34.7 Å². The monoisotopic (exact) mass is 347 g/mol. The summed E-state index contributed by atoms with van der Waals surface area (Å²) in [5.74, 6) is 2.91. The van der Waals surface area contributed by atoms with Crippen molar-refractivity contribution in [2.24, 2.45) is 11.8 Å². The first-order chi connectivity index (χ1) is 11.3. The topological polar surface area (TPSA) is 64.8 Å². The number of hydrogen-bond donors (Lipinski definition) is 0. The summed E-state index contributed by atoms with van der Waals surface area (Å²) in [5.41, 5.74) is 2.18. The zero-order valence-corrected chi connectivity index (χ0v) is 15.4. The summed E-state index contributed by atoms with van der Waals surface area (Å²) >= 11 is 0. The summed E-state index contributed by atoms with van der Waals surface area (Å²) in [6.45, 7) is 6.35. The second kappa shape index (κ2) is 6.67. The van der Waals surface area contributed by atoms with Crippen molar-refractivity contribution < 1.29 is 8.42 Å². The number of nitrogens with zero attached hydrogens (tertiary/aromatic N) is 3. The first-order valence-corrected chi connectivity index (χ1v) is 10.4. The van der Waals surface area contributed by atoms with Crippen molar-refractivity contribution >= 4 is 9.84 Å². The molecule has 0 unspecified atom stereocenters. The lowest BCUT2D eigenvalue weighted by atomic mass is 10.0. The fourth-order valence-electron chi connectivity index (χ4n) is 3.16. The van der Waals surface area contributed by atoms with Gasteiger partial charge in [-0.3, -0.25) is 0 Å². The minimum absolute atomic E-state index is 0.148. The minimum Gasteiger partial charge on any atom is -0.229 e. The molecule has 1 aliphatic rings. The van der Waals surface area contributed by atoms with Crippen molar-refractivity contribution in [2.75, 3.05) is 11.5 Å². The van der Waals surface area contributed by atoms with Crippen LogP contribution >= 0.6 is 0 Å². The van der Waals surface area contributed by atoms with Crippen LogP contribution in [0, 0.1) is 18.8 Å². The molecule has 1 atom stereocenters. The Balaban J connectivity index is 1.90. The molecule has 0 amide bonds. The van der Waals surface area contributed by atoms with Crippen LogP contribution in [0.15, 0.2) is 24.3 Å². The van der Waals surface area contributed by atoms with Crippen molar-refractivity contribution in [1.82, 2.24) is 14.8 Å². The molecule has 0 aliphatic carbocycles. The van der Waals surface area contributed by atoms with Crippen LogP contribution in [0.25, 0.3) is 5.69 Å². The van der Waals surface area contributed by atoms with Crippen LogP contribution in [0.2, 0.25) is 0 Å². The van der Waals surface area contributed by atoms with Gasteiger partial charge in [-0.2, -0.15) is 5.10 Å². The van der Waals surface area contributed by atoms with Gasteiger partial charge in [-0.1, -0.05) is 31.5 Å². The Kier molecular flexibility index (Phi) is 4.76. The molecule has 1 aromatic heterocycles. The molecule has 1 aromatic carbocycles. The maximum absolute atomic E-state index is 11.7. The third-order valence-electron chi connectivity index (χ3n) is 4.39. The van der Waals surface area contributed by atoms with Gasteiger partial charge in [-0.15, -0.1) is 0 Å². The van der Waals surface area contributed by atoms with Gasteiger partial charge < -0.3 is 0 Å². The zero-order chi connectivity index (χ0) is 17.3. The smallest absolute Gasteiger partial charge is 0.151 e. The molecular weight excluding hydrogens is 322 g/mol. The predicted octanol–water partition coefficient (Wildman–Crippen LogP) is 2.75. The maximum atomic E-state index is 11.7. The molecular formula is C18H25N3O2S. The lowest BCUT2D eigenvalue weighted by Crippen LogP contribution is -2.12. The van der Waals surface area contributed by atoms with Gasteiger partial charge >= 0.3 is 0 Å². The largest absolute Gasteiger partial charge is 0.229 e. The molecule has 0 saturated carbocycles. The highest BCUT2D eigenvalue weighted by Gasteiger charge is 2.29. The Bertz CT molecular complexity index is 807. The SMILES string of the molecule is Cc1ccc(-n2nc(CC(C)C)nc2C[C@@H]2CCS(=O)(=O)C2)cc1. The molecule has 24 heavy (non-hydrogen) atoms. The van der Waals surface area contributed by atoms with Crippen molar-refractivity contribution in [3.63, 3.8) is 0 Å². The summed E-state index contributed by atoms with van der Waals surface area (Å²) < 4.78 is 25.4. The van der Waals surface area contributed by atoms with Crippen LogP contribution in [0.1, 0.15) is 37.5 Å². The van der Waals surface area contributed by atoms with E-state index in [1.165, 1.54) is 5.56 Å². The van der Waals surface area contributed by atoms with Crippen LogP contribution in [0.5, 0.6) is 0 Å². The lowest BCUT2D eigenvalue weighted by Gasteiger charge is -2.09. The number of benzene rings is 1. The minimum atomic E-state index is -2.87. The van der Waals surface area contributed by atoms with E-state index in [0.717, 1.165) is 30.2 Å². The van der Waals surface area contributed by atoms with Gasteiger partial charge in [0.05, 0.1) is 17.2 Å². The van der Waals surface area contributed by atoms with Crippen molar-refractivity contribution in [1.29, 1.82) is 0 Å². The van der Waals surface area contributed by atoms with E-state index in [1.807, 2.05) is 16.8 Å². The fourth-order valence-corrected chi connectivity index (χ4v) is 5.02. The molecule has 1 aliphatic heterocycles. The number of rotatable bonds is 5. The third-order valence-corrected chi connectivity index (χ3v) is 6.22. The summed E-state index contributed by atoms with van der Waals surface area (Å²) in [7, 11) is -2.87. The van der Waals surface area contributed by atoms with E-state index in [-0.39, 0.29) is 11.7 Å². The second-order valence-corrected chi connectivity index (χ2v) is 9.49. The second-order valence-electron chi connectivity index (χ2n) is 7.26. The molecule has 6 heteroatoms. The number of sulfone groups is 1. The van der Waals surface area contributed by atoms with Crippen LogP contribution in [0.3, 0.4) is 0 Å². The molecule has 1 fully saturated rings. The molecule has 130 valence electrons. The molecule has 2 aromatic rings. The standard InChI is InChI=1S/C18H25N3O2S/c1-13(2)10-17-19-18(11-15-8-9-24(22,23)12-15)21(20-17)16-6-4-14(3)5-7-16/h4-7,13,15H,8-12H2,1-3H3/t15-/m0/s1. The van der Waals surface area contributed by atoms with E-state index < -0.39 is 9.84 Å². The van der Waals surface area contributed by atoms with Crippen LogP contribution in [-0.2, 0) is 22.7 Å². The normalized spacial score (nSPS) is 19.9. The Morgan fingerprint density at radius 2 is 1.96 bits per heavy atom. The lowest BCUT2D eigenvalue weighted by molar-refractivity contribution is 0.559. The highest BCUT2D eigenvalue weighted by Crippen LogP contribution is 2.23. The van der Waals surface area contributed by atoms with Gasteiger partial charge in [0, 0.05) is 12.8 Å². The van der Waals surface area contributed by atoms with Crippen molar-refractivity contribution in [3.05, 3.63) is 41.5 Å². The Morgan fingerprint density at radius 1 is 1.25 bits per heavy atom. The van der Waals surface area contributed by atoms with Gasteiger partial charge in [-0.25, -0.2) is 18.1 Å². The number of aromatic nitrogens is 3. The first kappa shape index (κ1) is 17.1. The highest BCUT2D eigenvalue weighted by molar-refractivity contribution is 7.91. The van der Waals surface area contributed by atoms with E-state index >= 15 is 0 Å². The van der Waals surface area contributed by atoms with Crippen LogP contribution in [0.4, 0.5) is 0 Å².